The maximum Gasteiger partial charge on any atom is 0.254 e. The number of amides is 2. The van der Waals surface area contributed by atoms with Crippen molar-refractivity contribution < 1.29 is 9.59 Å². The first-order chi connectivity index (χ1) is 13.8. The Kier molecular flexibility index (Phi) is 7.84. The lowest BCUT2D eigenvalue weighted by molar-refractivity contribution is 0.0715. The molecule has 0 radical (unpaired) electrons. The summed E-state index contributed by atoms with van der Waals surface area (Å²) in [5, 5.41) is 11.5. The van der Waals surface area contributed by atoms with Crippen LogP contribution in [0.5, 0.6) is 0 Å². The number of hydrogen-bond donors (Lipinski definition) is 1. The summed E-state index contributed by atoms with van der Waals surface area (Å²) in [6.45, 7) is 10.2. The zero-order chi connectivity index (χ0) is 21.4. The van der Waals surface area contributed by atoms with Gasteiger partial charge in [0.15, 0.2) is 0 Å². The van der Waals surface area contributed by atoms with Gasteiger partial charge in [0.2, 0.25) is 5.82 Å². The molecule has 152 valence electrons. The zero-order valence-electron chi connectivity index (χ0n) is 17.3. The van der Waals surface area contributed by atoms with Crippen molar-refractivity contribution in [2.24, 2.45) is 11.8 Å². The van der Waals surface area contributed by atoms with Crippen molar-refractivity contribution in [2.75, 3.05) is 13.1 Å². The Morgan fingerprint density at radius 3 is 2.03 bits per heavy atom. The molecule has 0 atom stereocenters. The molecule has 1 N–H and O–H groups in total. The molecule has 7 nitrogen and oxygen atoms in total. The van der Waals surface area contributed by atoms with Crippen LogP contribution in [0.4, 0.5) is 0 Å². The fourth-order valence-electron chi connectivity index (χ4n) is 2.86. The van der Waals surface area contributed by atoms with Gasteiger partial charge in [0.1, 0.15) is 6.07 Å². The molecular weight excluding hydrogens is 366 g/mol. The number of nitrogens with one attached hydrogen (secondary N) is 1. The second kappa shape index (κ2) is 10.3. The van der Waals surface area contributed by atoms with Crippen LogP contribution in [-0.2, 0) is 6.54 Å². The minimum absolute atomic E-state index is 0.0192. The number of nitriles is 1. The first kappa shape index (κ1) is 22.0. The van der Waals surface area contributed by atoms with Crippen molar-refractivity contribution >= 4 is 11.8 Å². The summed E-state index contributed by atoms with van der Waals surface area (Å²) in [5.41, 5.74) is 1.81. The van der Waals surface area contributed by atoms with E-state index >= 15 is 0 Å². The van der Waals surface area contributed by atoms with Crippen molar-refractivity contribution in [3.8, 4) is 6.07 Å². The summed E-state index contributed by atoms with van der Waals surface area (Å²) in [6, 6.07) is 9.07. The van der Waals surface area contributed by atoms with Crippen molar-refractivity contribution in [2.45, 2.75) is 34.2 Å². The van der Waals surface area contributed by atoms with Crippen molar-refractivity contribution in [1.82, 2.24) is 20.2 Å². The number of hydrogen-bond acceptors (Lipinski definition) is 5. The molecular formula is C22H27N5O2. The lowest BCUT2D eigenvalue weighted by atomic mass is 10.1. The Hall–Kier alpha value is -3.27. The van der Waals surface area contributed by atoms with Crippen LogP contribution < -0.4 is 5.32 Å². The van der Waals surface area contributed by atoms with Crippen LogP contribution in [0.25, 0.3) is 0 Å². The Balaban J connectivity index is 1.98. The van der Waals surface area contributed by atoms with Gasteiger partial charge in [-0.2, -0.15) is 5.26 Å². The van der Waals surface area contributed by atoms with Gasteiger partial charge >= 0.3 is 0 Å². The Morgan fingerprint density at radius 1 is 1.00 bits per heavy atom. The molecule has 0 aliphatic rings. The van der Waals surface area contributed by atoms with E-state index < -0.39 is 0 Å². The highest BCUT2D eigenvalue weighted by Gasteiger charge is 2.18. The second-order valence-corrected chi connectivity index (χ2v) is 7.78. The maximum absolute atomic E-state index is 12.8. The van der Waals surface area contributed by atoms with E-state index in [9.17, 15) is 9.59 Å². The van der Waals surface area contributed by atoms with Gasteiger partial charge in [-0.15, -0.1) is 0 Å². The van der Waals surface area contributed by atoms with Crippen LogP contribution >= 0.6 is 0 Å². The molecule has 0 saturated heterocycles. The Bertz CT molecular complexity index is 858. The first-order valence-electron chi connectivity index (χ1n) is 9.68. The van der Waals surface area contributed by atoms with Gasteiger partial charge < -0.3 is 10.2 Å². The predicted molar refractivity (Wildman–Crippen MR) is 110 cm³/mol. The van der Waals surface area contributed by atoms with E-state index in [1.165, 1.54) is 12.4 Å². The SMILES string of the molecule is CC(C)CN(CC(C)C)C(=O)c1ccc(CNC(=O)c2cnc(C#N)nc2)cc1. The average Bonchev–Trinajstić information content (AvgIpc) is 2.70. The molecule has 0 aliphatic carbocycles. The molecule has 0 bridgehead atoms. The largest absolute Gasteiger partial charge is 0.348 e. The summed E-state index contributed by atoms with van der Waals surface area (Å²) in [7, 11) is 0. The fourth-order valence-corrected chi connectivity index (χ4v) is 2.86. The van der Waals surface area contributed by atoms with Gasteiger partial charge in [-0.3, -0.25) is 9.59 Å². The smallest absolute Gasteiger partial charge is 0.254 e. The van der Waals surface area contributed by atoms with Crippen LogP contribution in [0.2, 0.25) is 0 Å². The van der Waals surface area contributed by atoms with Crippen LogP contribution in [-0.4, -0.2) is 39.8 Å². The molecule has 7 heteroatoms. The molecule has 0 saturated carbocycles. The Labute approximate surface area is 171 Å². The van der Waals surface area contributed by atoms with E-state index in [0.29, 0.717) is 23.9 Å². The van der Waals surface area contributed by atoms with Gasteiger partial charge in [-0.05, 0) is 29.5 Å². The third-order valence-corrected chi connectivity index (χ3v) is 4.13. The molecule has 0 unspecified atom stereocenters. The number of benzene rings is 1. The monoisotopic (exact) mass is 393 g/mol. The van der Waals surface area contributed by atoms with Gasteiger partial charge in [0.05, 0.1) is 5.56 Å². The molecule has 1 heterocycles. The van der Waals surface area contributed by atoms with Crippen LogP contribution in [0, 0.1) is 23.2 Å². The summed E-state index contributed by atoms with van der Waals surface area (Å²) in [4.78, 5) is 34.5. The lowest BCUT2D eigenvalue weighted by Crippen LogP contribution is -2.37. The molecule has 29 heavy (non-hydrogen) atoms. The average molecular weight is 393 g/mol. The van der Waals surface area contributed by atoms with E-state index in [1.54, 1.807) is 12.1 Å². The number of nitrogens with zero attached hydrogens (tertiary/aromatic N) is 4. The highest BCUT2D eigenvalue weighted by Crippen LogP contribution is 2.12. The minimum Gasteiger partial charge on any atom is -0.348 e. The molecule has 2 amide bonds. The molecule has 0 spiro atoms. The highest BCUT2D eigenvalue weighted by molar-refractivity contribution is 5.94. The van der Waals surface area contributed by atoms with Crippen LogP contribution in [0.15, 0.2) is 36.7 Å². The summed E-state index contributed by atoms with van der Waals surface area (Å²) in [6.07, 6.45) is 2.64. The summed E-state index contributed by atoms with van der Waals surface area (Å²) >= 11 is 0. The summed E-state index contributed by atoms with van der Waals surface area (Å²) in [5.74, 6) is 0.523. The third-order valence-electron chi connectivity index (χ3n) is 4.13. The van der Waals surface area contributed by atoms with Crippen LogP contribution in [0.3, 0.4) is 0 Å². The molecule has 0 aliphatic heterocycles. The molecule has 2 rings (SSSR count). The standard InChI is InChI=1S/C22H27N5O2/c1-15(2)13-27(14-16(3)4)22(29)18-7-5-17(6-8-18)10-26-21(28)19-11-24-20(9-23)25-12-19/h5-8,11-12,15-16H,10,13-14H2,1-4H3,(H,26,28). The second-order valence-electron chi connectivity index (χ2n) is 7.78. The number of rotatable bonds is 8. The number of aromatic nitrogens is 2. The third kappa shape index (κ3) is 6.68. The van der Waals surface area contributed by atoms with Gasteiger partial charge in [-0.1, -0.05) is 39.8 Å². The molecule has 0 fully saturated rings. The number of carbonyl (C=O) groups is 2. The highest BCUT2D eigenvalue weighted by atomic mass is 16.2. The normalized spacial score (nSPS) is 10.7. The van der Waals surface area contributed by atoms with Gasteiger partial charge in [0.25, 0.3) is 11.8 Å². The van der Waals surface area contributed by atoms with E-state index in [1.807, 2.05) is 23.1 Å². The zero-order valence-corrected chi connectivity index (χ0v) is 17.3. The maximum atomic E-state index is 12.8. The quantitative estimate of drug-likeness (QED) is 0.743. The molecule has 2 aromatic rings. The lowest BCUT2D eigenvalue weighted by Gasteiger charge is -2.26. The minimum atomic E-state index is -0.324. The predicted octanol–water partition coefficient (Wildman–Crippen LogP) is 3.03. The van der Waals surface area contributed by atoms with Gasteiger partial charge in [-0.25, -0.2) is 9.97 Å². The van der Waals surface area contributed by atoms with Crippen molar-refractivity contribution in [3.05, 3.63) is 59.2 Å². The van der Waals surface area contributed by atoms with Gasteiger partial charge in [0, 0.05) is 37.6 Å². The molecule has 1 aromatic heterocycles. The molecule has 1 aromatic carbocycles. The van der Waals surface area contributed by atoms with E-state index in [4.69, 9.17) is 5.26 Å². The van der Waals surface area contributed by atoms with E-state index in [-0.39, 0.29) is 23.2 Å². The van der Waals surface area contributed by atoms with Crippen LogP contribution in [0.1, 0.15) is 59.8 Å². The fraction of sp³-hybridized carbons (Fsp3) is 0.409. The van der Waals surface area contributed by atoms with Crippen molar-refractivity contribution in [1.29, 1.82) is 5.26 Å². The first-order valence-corrected chi connectivity index (χ1v) is 9.68. The van der Waals surface area contributed by atoms with E-state index in [0.717, 1.165) is 18.7 Å². The summed E-state index contributed by atoms with van der Waals surface area (Å²) < 4.78 is 0. The Morgan fingerprint density at radius 2 is 1.55 bits per heavy atom. The topological polar surface area (TPSA) is 99.0 Å². The van der Waals surface area contributed by atoms with E-state index in [2.05, 4.69) is 43.0 Å². The van der Waals surface area contributed by atoms with Crippen molar-refractivity contribution in [3.63, 3.8) is 0 Å². The number of carbonyl (C=O) groups excluding carboxylic acids is 2.